The molecule has 0 aromatic heterocycles. The summed E-state index contributed by atoms with van der Waals surface area (Å²) in [6.45, 7) is 3.80. The van der Waals surface area contributed by atoms with Crippen LogP contribution >= 0.6 is 0 Å². The van der Waals surface area contributed by atoms with Gasteiger partial charge in [0.25, 0.3) is 0 Å². The van der Waals surface area contributed by atoms with Gasteiger partial charge in [-0.2, -0.15) is 5.10 Å². The minimum Gasteiger partial charge on any atom is -0.434 e. The van der Waals surface area contributed by atoms with Crippen LogP contribution in [0.3, 0.4) is 0 Å². The van der Waals surface area contributed by atoms with Crippen molar-refractivity contribution in [3.63, 3.8) is 0 Å². The van der Waals surface area contributed by atoms with E-state index in [2.05, 4.69) is 48.5 Å². The first kappa shape index (κ1) is 27.5. The molecule has 0 unspecified atom stereocenters. The molecule has 0 spiro atoms. The van der Waals surface area contributed by atoms with Crippen LogP contribution in [0.5, 0.6) is 11.5 Å². The van der Waals surface area contributed by atoms with Crippen LogP contribution in [-0.4, -0.2) is 31.7 Å². The van der Waals surface area contributed by atoms with Gasteiger partial charge in [-0.15, -0.1) is 0 Å². The van der Waals surface area contributed by atoms with Crippen molar-refractivity contribution >= 4 is 62.2 Å². The van der Waals surface area contributed by atoms with Crippen LogP contribution < -0.4 is 14.5 Å². The second-order valence-electron chi connectivity index (χ2n) is 9.64. The summed E-state index contributed by atoms with van der Waals surface area (Å²) >= 11 is 0. The molecule has 8 heteroatoms. The third-order valence-corrected chi connectivity index (χ3v) is 6.90. The van der Waals surface area contributed by atoms with Crippen LogP contribution in [0.25, 0.3) is 32.3 Å². The highest BCUT2D eigenvalue weighted by molar-refractivity contribution is 6.26. The fourth-order valence-electron chi connectivity index (χ4n) is 5.14. The second kappa shape index (κ2) is 12.1. The molecule has 0 amide bonds. The molecule has 6 rings (SSSR count). The van der Waals surface area contributed by atoms with E-state index in [1.54, 1.807) is 61.5 Å². The van der Waals surface area contributed by atoms with Crippen molar-refractivity contribution in [2.24, 2.45) is 5.10 Å². The predicted octanol–water partition coefficient (Wildman–Crippen LogP) is 8.83. The Balaban J connectivity index is 1.45. The lowest BCUT2D eigenvalue weighted by Crippen LogP contribution is -2.13. The molecule has 0 aliphatic heterocycles. The van der Waals surface area contributed by atoms with Crippen LogP contribution in [-0.2, 0) is 9.47 Å². The van der Waals surface area contributed by atoms with Crippen molar-refractivity contribution in [1.82, 2.24) is 0 Å². The van der Waals surface area contributed by atoms with Crippen LogP contribution in [0.15, 0.2) is 108 Å². The summed E-state index contributed by atoms with van der Waals surface area (Å²) in [6, 6.07) is 32.8. The van der Waals surface area contributed by atoms with E-state index >= 15 is 0 Å². The maximum absolute atomic E-state index is 12.0. The molecule has 0 N–H and O–H groups in total. The average Bonchev–Trinajstić information content (AvgIpc) is 3.01. The number of anilines is 2. The lowest BCUT2D eigenvalue weighted by Gasteiger charge is -2.21. The number of hydrazone groups is 1. The van der Waals surface area contributed by atoms with Gasteiger partial charge in [0.2, 0.25) is 0 Å². The van der Waals surface area contributed by atoms with Crippen LogP contribution in [0.2, 0.25) is 0 Å². The maximum atomic E-state index is 12.0. The standard InChI is InChI=1S/C35H28N2O6/c1-3-40-34(38)42-29-14-7-12-27(20-29)37(28-13-8-15-30(21-28)43-35(39)41-4-2)36-22-26-19-25-11-5-9-23-17-18-24-10-6-16-31(26)33(24)32(23)25/h5-22H,3-4H2,1-2H3. The SMILES string of the molecule is CCOC(=O)Oc1cccc(N(N=Cc2cc3cccc4ccc5cccc2c5c43)c2cccc(OC(=O)OCC)c2)c1. The molecule has 214 valence electrons. The van der Waals surface area contributed by atoms with Gasteiger partial charge in [0.15, 0.2) is 0 Å². The number of nitrogens with zero attached hydrogens (tertiary/aromatic N) is 2. The Bertz CT molecular complexity index is 1900. The summed E-state index contributed by atoms with van der Waals surface area (Å²) in [5.74, 6) is 0.578. The Kier molecular flexibility index (Phi) is 7.74. The van der Waals surface area contributed by atoms with E-state index in [1.165, 1.54) is 16.2 Å². The Morgan fingerprint density at radius 2 is 1.19 bits per heavy atom. The predicted molar refractivity (Wildman–Crippen MR) is 168 cm³/mol. The maximum Gasteiger partial charge on any atom is 0.513 e. The van der Waals surface area contributed by atoms with Gasteiger partial charge in [-0.25, -0.2) is 14.6 Å². The van der Waals surface area contributed by atoms with Gasteiger partial charge < -0.3 is 18.9 Å². The van der Waals surface area contributed by atoms with E-state index in [4.69, 9.17) is 24.0 Å². The van der Waals surface area contributed by atoms with Gasteiger partial charge >= 0.3 is 12.3 Å². The summed E-state index contributed by atoms with van der Waals surface area (Å²) in [5, 5.41) is 13.5. The van der Waals surface area contributed by atoms with Crippen molar-refractivity contribution in [3.05, 3.63) is 109 Å². The van der Waals surface area contributed by atoms with Gasteiger partial charge in [-0.1, -0.05) is 60.7 Å². The van der Waals surface area contributed by atoms with Gasteiger partial charge in [0.05, 0.1) is 30.8 Å². The fourth-order valence-corrected chi connectivity index (χ4v) is 5.14. The normalized spacial score (nSPS) is 11.3. The number of hydrogen-bond donors (Lipinski definition) is 0. The Hall–Kier alpha value is -5.63. The average molecular weight is 573 g/mol. The van der Waals surface area contributed by atoms with E-state index in [0.717, 1.165) is 21.7 Å². The highest BCUT2D eigenvalue weighted by Crippen LogP contribution is 2.37. The van der Waals surface area contributed by atoms with Crippen molar-refractivity contribution in [2.45, 2.75) is 13.8 Å². The Morgan fingerprint density at radius 1 is 0.651 bits per heavy atom. The third-order valence-electron chi connectivity index (χ3n) is 6.90. The second-order valence-corrected chi connectivity index (χ2v) is 9.64. The minimum absolute atomic E-state index is 0.195. The van der Waals surface area contributed by atoms with Crippen LogP contribution in [0.4, 0.5) is 21.0 Å². The van der Waals surface area contributed by atoms with Gasteiger partial charge in [0, 0.05) is 17.7 Å². The molecule has 0 fully saturated rings. The Labute approximate surface area is 248 Å². The first-order valence-electron chi connectivity index (χ1n) is 13.9. The molecule has 0 aliphatic carbocycles. The smallest absolute Gasteiger partial charge is 0.434 e. The van der Waals surface area contributed by atoms with Gasteiger partial charge in [-0.3, -0.25) is 0 Å². The topological polar surface area (TPSA) is 86.7 Å². The molecular formula is C35H28N2O6. The summed E-state index contributed by atoms with van der Waals surface area (Å²) in [7, 11) is 0. The number of rotatable bonds is 8. The molecule has 0 radical (unpaired) electrons. The molecule has 0 heterocycles. The molecule has 6 aromatic carbocycles. The number of hydrogen-bond acceptors (Lipinski definition) is 8. The summed E-state index contributed by atoms with van der Waals surface area (Å²) in [5.41, 5.74) is 2.13. The number of ether oxygens (including phenoxy) is 4. The molecule has 43 heavy (non-hydrogen) atoms. The first-order valence-corrected chi connectivity index (χ1v) is 13.9. The van der Waals surface area contributed by atoms with Crippen LogP contribution in [0.1, 0.15) is 19.4 Å². The van der Waals surface area contributed by atoms with E-state index in [9.17, 15) is 9.59 Å². The third kappa shape index (κ3) is 5.76. The highest BCUT2D eigenvalue weighted by atomic mass is 16.7. The largest absolute Gasteiger partial charge is 0.513 e. The number of carbonyl (C=O) groups is 2. The molecule has 6 aromatic rings. The fraction of sp³-hybridized carbons (Fsp3) is 0.114. The van der Waals surface area contributed by atoms with E-state index in [-0.39, 0.29) is 24.7 Å². The monoisotopic (exact) mass is 572 g/mol. The summed E-state index contributed by atoms with van der Waals surface area (Å²) < 4.78 is 20.6. The zero-order valence-electron chi connectivity index (χ0n) is 23.7. The van der Waals surface area contributed by atoms with Crippen molar-refractivity contribution in [1.29, 1.82) is 0 Å². The number of benzene rings is 6. The number of carbonyl (C=O) groups excluding carboxylic acids is 2. The zero-order chi connectivity index (χ0) is 29.8. The van der Waals surface area contributed by atoms with Crippen LogP contribution in [0, 0.1) is 0 Å². The van der Waals surface area contributed by atoms with Gasteiger partial charge in [0.1, 0.15) is 11.5 Å². The zero-order valence-corrected chi connectivity index (χ0v) is 23.7. The van der Waals surface area contributed by atoms with Crippen molar-refractivity contribution in [2.75, 3.05) is 18.2 Å². The lowest BCUT2D eigenvalue weighted by atomic mass is 9.92. The Morgan fingerprint density at radius 3 is 1.79 bits per heavy atom. The molecule has 0 saturated carbocycles. The summed E-state index contributed by atoms with van der Waals surface area (Å²) in [4.78, 5) is 24.0. The van der Waals surface area contributed by atoms with Gasteiger partial charge in [-0.05, 0) is 76.5 Å². The lowest BCUT2D eigenvalue weighted by molar-refractivity contribution is 0.103. The molecule has 0 atom stereocenters. The van der Waals surface area contributed by atoms with E-state index < -0.39 is 12.3 Å². The molecule has 0 saturated heterocycles. The van der Waals surface area contributed by atoms with E-state index in [1.807, 2.05) is 18.2 Å². The minimum atomic E-state index is -0.798. The molecule has 8 nitrogen and oxygen atoms in total. The quantitative estimate of drug-likeness (QED) is 0.0592. The van der Waals surface area contributed by atoms with Crippen molar-refractivity contribution in [3.8, 4) is 11.5 Å². The first-order chi connectivity index (χ1) is 21.0. The van der Waals surface area contributed by atoms with E-state index in [0.29, 0.717) is 11.4 Å². The molecule has 0 bridgehead atoms. The summed E-state index contributed by atoms with van der Waals surface area (Å²) in [6.07, 6.45) is 0.210. The molecular weight excluding hydrogens is 544 g/mol. The highest BCUT2D eigenvalue weighted by Gasteiger charge is 2.15. The van der Waals surface area contributed by atoms with Crippen molar-refractivity contribution < 1.29 is 28.5 Å². The molecule has 0 aliphatic rings.